The molecule has 2 N–H and O–H groups in total. The number of hydrogen-bond donors (Lipinski definition) is 2. The number of carbonyl (C=O) groups excluding carboxylic acids is 1. The highest BCUT2D eigenvalue weighted by Crippen LogP contribution is 2.50. The first-order valence-corrected chi connectivity index (χ1v) is 6.45. The van der Waals surface area contributed by atoms with Crippen LogP contribution in [0.25, 0.3) is 0 Å². The molecule has 0 radical (unpaired) electrons. The van der Waals surface area contributed by atoms with Crippen LogP contribution in [0.1, 0.15) is 39.0 Å². The average Bonchev–Trinajstić information content (AvgIpc) is 3.10. The third-order valence-electron chi connectivity index (χ3n) is 4.36. The van der Waals surface area contributed by atoms with Crippen molar-refractivity contribution in [1.29, 1.82) is 0 Å². The Balaban J connectivity index is 2.07. The molecule has 18 heavy (non-hydrogen) atoms. The molecule has 0 aromatic rings. The zero-order valence-electron chi connectivity index (χ0n) is 10.5. The molecule has 0 atom stereocenters. The number of halogens is 3. The SMILES string of the molecule is CCC1(C(=O)NC2(C(F)(F)F)CC2)CCNCC1. The van der Waals surface area contributed by atoms with E-state index in [2.05, 4.69) is 10.6 Å². The molecule has 1 saturated heterocycles. The summed E-state index contributed by atoms with van der Waals surface area (Å²) >= 11 is 0. The van der Waals surface area contributed by atoms with Gasteiger partial charge in [-0.25, -0.2) is 0 Å². The largest absolute Gasteiger partial charge is 0.411 e. The topological polar surface area (TPSA) is 41.1 Å². The third kappa shape index (κ3) is 2.22. The van der Waals surface area contributed by atoms with Gasteiger partial charge in [-0.15, -0.1) is 0 Å². The van der Waals surface area contributed by atoms with Crippen molar-refractivity contribution in [1.82, 2.24) is 10.6 Å². The lowest BCUT2D eigenvalue weighted by atomic mass is 9.75. The normalized spacial score (nSPS) is 25.6. The second kappa shape index (κ2) is 4.40. The van der Waals surface area contributed by atoms with Crippen LogP contribution < -0.4 is 10.6 Å². The minimum absolute atomic E-state index is 0.0142. The Morgan fingerprint density at radius 3 is 2.17 bits per heavy atom. The maximum absolute atomic E-state index is 12.8. The summed E-state index contributed by atoms with van der Waals surface area (Å²) in [5.74, 6) is -0.415. The molecular formula is C12H19F3N2O. The van der Waals surface area contributed by atoms with Crippen LogP contribution in [-0.4, -0.2) is 30.7 Å². The highest BCUT2D eigenvalue weighted by Gasteiger charge is 2.65. The van der Waals surface area contributed by atoms with Crippen LogP contribution >= 0.6 is 0 Å². The monoisotopic (exact) mass is 264 g/mol. The van der Waals surface area contributed by atoms with E-state index in [0.717, 1.165) is 0 Å². The van der Waals surface area contributed by atoms with Crippen LogP contribution in [0.15, 0.2) is 0 Å². The van der Waals surface area contributed by atoms with Crippen LogP contribution in [0, 0.1) is 5.41 Å². The summed E-state index contributed by atoms with van der Waals surface area (Å²) in [5.41, 5.74) is -2.55. The number of rotatable bonds is 3. The van der Waals surface area contributed by atoms with E-state index < -0.39 is 23.0 Å². The lowest BCUT2D eigenvalue weighted by Crippen LogP contribution is -2.55. The molecule has 3 nitrogen and oxygen atoms in total. The zero-order chi connectivity index (χ0) is 13.4. The van der Waals surface area contributed by atoms with E-state index in [0.29, 0.717) is 32.4 Å². The molecule has 1 amide bonds. The maximum atomic E-state index is 12.8. The first-order valence-electron chi connectivity index (χ1n) is 6.45. The summed E-state index contributed by atoms with van der Waals surface area (Å²) in [4.78, 5) is 12.2. The molecule has 2 rings (SSSR count). The number of carbonyl (C=O) groups is 1. The fourth-order valence-electron chi connectivity index (χ4n) is 2.60. The van der Waals surface area contributed by atoms with Gasteiger partial charge in [-0.05, 0) is 45.2 Å². The highest BCUT2D eigenvalue weighted by molar-refractivity contribution is 5.84. The first-order chi connectivity index (χ1) is 8.35. The smallest absolute Gasteiger partial charge is 0.341 e. The molecule has 1 aliphatic heterocycles. The van der Waals surface area contributed by atoms with E-state index in [1.54, 1.807) is 0 Å². The molecule has 104 valence electrons. The molecule has 1 aliphatic carbocycles. The van der Waals surface area contributed by atoms with Crippen molar-refractivity contribution in [2.75, 3.05) is 13.1 Å². The summed E-state index contributed by atoms with van der Waals surface area (Å²) in [7, 11) is 0. The number of hydrogen-bond acceptors (Lipinski definition) is 2. The van der Waals surface area contributed by atoms with Crippen LogP contribution in [0.4, 0.5) is 13.2 Å². The lowest BCUT2D eigenvalue weighted by Gasteiger charge is -2.37. The van der Waals surface area contributed by atoms with E-state index >= 15 is 0 Å². The minimum atomic E-state index is -4.33. The van der Waals surface area contributed by atoms with Gasteiger partial charge >= 0.3 is 6.18 Å². The second-order valence-corrected chi connectivity index (χ2v) is 5.42. The minimum Gasteiger partial charge on any atom is -0.341 e. The lowest BCUT2D eigenvalue weighted by molar-refractivity contribution is -0.173. The molecule has 0 spiro atoms. The van der Waals surface area contributed by atoms with E-state index in [4.69, 9.17) is 0 Å². The summed E-state index contributed by atoms with van der Waals surface area (Å²) in [6.45, 7) is 3.26. The van der Waals surface area contributed by atoms with Gasteiger partial charge in [0.2, 0.25) is 5.91 Å². The fraction of sp³-hybridized carbons (Fsp3) is 0.917. The number of nitrogens with one attached hydrogen (secondary N) is 2. The summed E-state index contributed by atoms with van der Waals surface area (Å²) in [6.07, 6.45) is -2.48. The Bertz CT molecular complexity index is 331. The van der Waals surface area contributed by atoms with E-state index in [1.807, 2.05) is 6.92 Å². The van der Waals surface area contributed by atoms with Gasteiger partial charge in [0.1, 0.15) is 5.54 Å². The van der Waals surface area contributed by atoms with Crippen LogP contribution in [0.2, 0.25) is 0 Å². The van der Waals surface area contributed by atoms with Gasteiger partial charge in [0, 0.05) is 0 Å². The van der Waals surface area contributed by atoms with Gasteiger partial charge in [-0.3, -0.25) is 4.79 Å². The van der Waals surface area contributed by atoms with Gasteiger partial charge in [-0.2, -0.15) is 13.2 Å². The predicted octanol–water partition coefficient (Wildman–Crippen LogP) is 1.98. The number of piperidine rings is 1. The molecular weight excluding hydrogens is 245 g/mol. The van der Waals surface area contributed by atoms with Crippen molar-refractivity contribution >= 4 is 5.91 Å². The Hall–Kier alpha value is -0.780. The predicted molar refractivity (Wildman–Crippen MR) is 61.0 cm³/mol. The molecule has 2 aliphatic rings. The second-order valence-electron chi connectivity index (χ2n) is 5.42. The quantitative estimate of drug-likeness (QED) is 0.818. The van der Waals surface area contributed by atoms with Gasteiger partial charge < -0.3 is 10.6 Å². The Labute approximate surface area is 104 Å². The molecule has 0 unspecified atom stereocenters. The zero-order valence-corrected chi connectivity index (χ0v) is 10.5. The molecule has 0 aromatic carbocycles. The molecule has 6 heteroatoms. The summed E-state index contributed by atoms with van der Waals surface area (Å²) in [5, 5.41) is 5.41. The average molecular weight is 264 g/mol. The summed E-state index contributed by atoms with van der Waals surface area (Å²) in [6, 6.07) is 0. The molecule has 0 aromatic heterocycles. The number of alkyl halides is 3. The van der Waals surface area contributed by atoms with E-state index in [1.165, 1.54) is 0 Å². The van der Waals surface area contributed by atoms with Crippen molar-refractivity contribution in [2.24, 2.45) is 5.41 Å². The first kappa shape index (κ1) is 13.6. The Kier molecular flexibility index (Phi) is 3.34. The highest BCUT2D eigenvalue weighted by atomic mass is 19.4. The van der Waals surface area contributed by atoms with E-state index in [9.17, 15) is 18.0 Å². The van der Waals surface area contributed by atoms with Crippen molar-refractivity contribution in [3.05, 3.63) is 0 Å². The van der Waals surface area contributed by atoms with E-state index in [-0.39, 0.29) is 12.8 Å². The van der Waals surface area contributed by atoms with Crippen molar-refractivity contribution in [3.8, 4) is 0 Å². The maximum Gasteiger partial charge on any atom is 0.411 e. The van der Waals surface area contributed by atoms with Crippen LogP contribution in [0.5, 0.6) is 0 Å². The molecule has 1 heterocycles. The van der Waals surface area contributed by atoms with Crippen LogP contribution in [0.3, 0.4) is 0 Å². The van der Waals surface area contributed by atoms with Crippen molar-refractivity contribution in [3.63, 3.8) is 0 Å². The molecule has 0 bridgehead atoms. The third-order valence-corrected chi connectivity index (χ3v) is 4.36. The Morgan fingerprint density at radius 1 is 1.22 bits per heavy atom. The Morgan fingerprint density at radius 2 is 1.78 bits per heavy atom. The standard InChI is InChI=1S/C12H19F3N2O/c1-2-10(5-7-16-8-6-10)9(18)17-11(3-4-11)12(13,14)15/h16H,2-8H2,1H3,(H,17,18). The van der Waals surface area contributed by atoms with Crippen molar-refractivity contribution < 1.29 is 18.0 Å². The van der Waals surface area contributed by atoms with Crippen molar-refractivity contribution in [2.45, 2.75) is 50.7 Å². The molecule has 2 fully saturated rings. The molecule has 1 saturated carbocycles. The van der Waals surface area contributed by atoms with Gasteiger partial charge in [0.15, 0.2) is 0 Å². The van der Waals surface area contributed by atoms with Gasteiger partial charge in [0.25, 0.3) is 0 Å². The van der Waals surface area contributed by atoms with Gasteiger partial charge in [0.05, 0.1) is 5.41 Å². The van der Waals surface area contributed by atoms with Gasteiger partial charge in [-0.1, -0.05) is 6.92 Å². The number of amides is 1. The fourth-order valence-corrected chi connectivity index (χ4v) is 2.60. The van der Waals surface area contributed by atoms with Crippen LogP contribution in [-0.2, 0) is 4.79 Å². The summed E-state index contributed by atoms with van der Waals surface area (Å²) < 4.78 is 38.5.